The summed E-state index contributed by atoms with van der Waals surface area (Å²) in [5.74, 6) is 0.572. The predicted molar refractivity (Wildman–Crippen MR) is 93.7 cm³/mol. The molecule has 0 aliphatic carbocycles. The largest absolute Gasteiger partial charge is 0.497 e. The van der Waals surface area contributed by atoms with Crippen molar-refractivity contribution in [3.63, 3.8) is 0 Å². The number of halogens is 1. The van der Waals surface area contributed by atoms with E-state index in [2.05, 4.69) is 10.3 Å². The van der Waals surface area contributed by atoms with Gasteiger partial charge in [-0.05, 0) is 55.3 Å². The number of aromatic nitrogens is 1. The molecule has 0 saturated heterocycles. The zero-order chi connectivity index (χ0) is 16.6. The molecular formula is C18H17ClN2O2. The van der Waals surface area contributed by atoms with E-state index in [-0.39, 0.29) is 5.91 Å². The molecule has 1 amide bonds. The fourth-order valence-corrected chi connectivity index (χ4v) is 2.85. The molecule has 0 atom stereocenters. The van der Waals surface area contributed by atoms with Crippen molar-refractivity contribution in [3.8, 4) is 5.75 Å². The van der Waals surface area contributed by atoms with Gasteiger partial charge in [0.15, 0.2) is 0 Å². The first-order valence-electron chi connectivity index (χ1n) is 7.23. The number of hydrogen-bond acceptors (Lipinski definition) is 2. The van der Waals surface area contributed by atoms with Gasteiger partial charge in [-0.2, -0.15) is 0 Å². The molecule has 2 N–H and O–H groups in total. The van der Waals surface area contributed by atoms with Gasteiger partial charge in [0, 0.05) is 27.7 Å². The third-order valence-corrected chi connectivity index (χ3v) is 4.16. The summed E-state index contributed by atoms with van der Waals surface area (Å²) in [6.45, 7) is 3.83. The molecule has 4 nitrogen and oxygen atoms in total. The van der Waals surface area contributed by atoms with E-state index in [1.807, 2.05) is 38.1 Å². The van der Waals surface area contributed by atoms with Crippen molar-refractivity contribution in [2.24, 2.45) is 0 Å². The number of ether oxygens (including phenoxy) is 1. The SMILES string of the molecule is COc1ccc2c(C)c(C(=O)Nc3ccc(Cl)cc3C)[nH]c2c1. The molecule has 3 rings (SSSR count). The quantitative estimate of drug-likeness (QED) is 0.732. The van der Waals surface area contributed by atoms with Gasteiger partial charge in [0.1, 0.15) is 11.4 Å². The molecule has 5 heteroatoms. The Labute approximate surface area is 139 Å². The van der Waals surface area contributed by atoms with E-state index in [0.717, 1.165) is 33.5 Å². The summed E-state index contributed by atoms with van der Waals surface area (Å²) >= 11 is 5.95. The van der Waals surface area contributed by atoms with Crippen molar-refractivity contribution >= 4 is 34.1 Å². The molecule has 3 aromatic rings. The molecule has 0 radical (unpaired) electrons. The molecule has 23 heavy (non-hydrogen) atoms. The molecule has 0 spiro atoms. The van der Waals surface area contributed by atoms with Crippen LogP contribution in [0.4, 0.5) is 5.69 Å². The molecule has 0 fully saturated rings. The van der Waals surface area contributed by atoms with E-state index in [9.17, 15) is 4.79 Å². The van der Waals surface area contributed by atoms with Crippen LogP contribution in [0, 0.1) is 13.8 Å². The van der Waals surface area contributed by atoms with Gasteiger partial charge in [-0.25, -0.2) is 0 Å². The lowest BCUT2D eigenvalue weighted by molar-refractivity contribution is 0.102. The van der Waals surface area contributed by atoms with E-state index in [0.29, 0.717) is 10.7 Å². The lowest BCUT2D eigenvalue weighted by atomic mass is 10.1. The second kappa shape index (κ2) is 5.97. The third-order valence-electron chi connectivity index (χ3n) is 3.93. The molecule has 118 valence electrons. The van der Waals surface area contributed by atoms with Crippen LogP contribution in [0.25, 0.3) is 10.9 Å². The second-order valence-electron chi connectivity index (χ2n) is 5.45. The predicted octanol–water partition coefficient (Wildman–Crippen LogP) is 4.70. The number of methoxy groups -OCH3 is 1. The zero-order valence-corrected chi connectivity index (χ0v) is 13.9. The van der Waals surface area contributed by atoms with Gasteiger partial charge in [0.05, 0.1) is 7.11 Å². The lowest BCUT2D eigenvalue weighted by Gasteiger charge is -2.08. The van der Waals surface area contributed by atoms with Gasteiger partial charge >= 0.3 is 0 Å². The average Bonchev–Trinajstić information content (AvgIpc) is 2.86. The second-order valence-corrected chi connectivity index (χ2v) is 5.89. The van der Waals surface area contributed by atoms with Crippen molar-refractivity contribution < 1.29 is 9.53 Å². The van der Waals surface area contributed by atoms with E-state index in [1.54, 1.807) is 19.2 Å². The van der Waals surface area contributed by atoms with Crippen LogP contribution in [0.3, 0.4) is 0 Å². The molecule has 0 unspecified atom stereocenters. The van der Waals surface area contributed by atoms with Crippen molar-refractivity contribution in [2.45, 2.75) is 13.8 Å². The third kappa shape index (κ3) is 2.90. The smallest absolute Gasteiger partial charge is 0.272 e. The van der Waals surface area contributed by atoms with Crippen LogP contribution in [-0.2, 0) is 0 Å². The molecule has 0 aliphatic heterocycles. The first-order valence-corrected chi connectivity index (χ1v) is 7.61. The van der Waals surface area contributed by atoms with Gasteiger partial charge in [-0.3, -0.25) is 4.79 Å². The highest BCUT2D eigenvalue weighted by Crippen LogP contribution is 2.27. The Morgan fingerprint density at radius 3 is 2.65 bits per heavy atom. The van der Waals surface area contributed by atoms with Gasteiger partial charge in [0.2, 0.25) is 0 Å². The normalized spacial score (nSPS) is 10.8. The van der Waals surface area contributed by atoms with Crippen LogP contribution in [-0.4, -0.2) is 18.0 Å². The van der Waals surface area contributed by atoms with Crippen LogP contribution in [0.15, 0.2) is 36.4 Å². The topological polar surface area (TPSA) is 54.1 Å². The molecule has 0 bridgehead atoms. The van der Waals surface area contributed by atoms with E-state index in [1.165, 1.54) is 0 Å². The summed E-state index contributed by atoms with van der Waals surface area (Å²) in [4.78, 5) is 15.8. The number of fused-ring (bicyclic) bond motifs is 1. The first kappa shape index (κ1) is 15.4. The molecule has 0 saturated carbocycles. The van der Waals surface area contributed by atoms with Crippen LogP contribution < -0.4 is 10.1 Å². The van der Waals surface area contributed by atoms with E-state index >= 15 is 0 Å². The molecular weight excluding hydrogens is 312 g/mol. The number of hydrogen-bond donors (Lipinski definition) is 2. The summed E-state index contributed by atoms with van der Waals surface area (Å²) < 4.78 is 5.22. The summed E-state index contributed by atoms with van der Waals surface area (Å²) in [5, 5.41) is 4.58. The monoisotopic (exact) mass is 328 g/mol. The number of carbonyl (C=O) groups excluding carboxylic acids is 1. The Balaban J connectivity index is 1.95. The van der Waals surface area contributed by atoms with Gasteiger partial charge in [-0.1, -0.05) is 11.6 Å². The van der Waals surface area contributed by atoms with Crippen LogP contribution in [0.5, 0.6) is 5.75 Å². The van der Waals surface area contributed by atoms with Gasteiger partial charge in [0.25, 0.3) is 5.91 Å². The number of benzene rings is 2. The standard InChI is InChI=1S/C18H17ClN2O2/c1-10-8-12(19)4-7-15(10)21-18(22)17-11(2)14-6-5-13(23-3)9-16(14)20-17/h4-9,20H,1-3H3,(H,21,22). The summed E-state index contributed by atoms with van der Waals surface area (Å²) in [6.07, 6.45) is 0. The summed E-state index contributed by atoms with van der Waals surface area (Å²) in [5.41, 5.74) is 3.99. The lowest BCUT2D eigenvalue weighted by Crippen LogP contribution is -2.14. The van der Waals surface area contributed by atoms with Crippen LogP contribution in [0.2, 0.25) is 5.02 Å². The molecule has 1 aromatic heterocycles. The number of aryl methyl sites for hydroxylation is 2. The number of carbonyl (C=O) groups is 1. The number of anilines is 1. The van der Waals surface area contributed by atoms with Gasteiger partial charge < -0.3 is 15.0 Å². The maximum absolute atomic E-state index is 12.6. The minimum absolute atomic E-state index is 0.178. The van der Waals surface area contributed by atoms with Gasteiger partial charge in [-0.15, -0.1) is 0 Å². The molecule has 2 aromatic carbocycles. The molecule has 0 aliphatic rings. The van der Waals surface area contributed by atoms with Crippen molar-refractivity contribution in [1.29, 1.82) is 0 Å². The van der Waals surface area contributed by atoms with Crippen molar-refractivity contribution in [2.75, 3.05) is 12.4 Å². The Morgan fingerprint density at radius 2 is 1.96 bits per heavy atom. The van der Waals surface area contributed by atoms with E-state index in [4.69, 9.17) is 16.3 Å². The van der Waals surface area contributed by atoms with Crippen LogP contribution >= 0.6 is 11.6 Å². The Morgan fingerprint density at radius 1 is 1.17 bits per heavy atom. The fourth-order valence-electron chi connectivity index (χ4n) is 2.62. The highest BCUT2D eigenvalue weighted by molar-refractivity contribution is 6.30. The number of aromatic amines is 1. The van der Waals surface area contributed by atoms with Crippen LogP contribution in [0.1, 0.15) is 21.6 Å². The minimum Gasteiger partial charge on any atom is -0.497 e. The number of amides is 1. The first-order chi connectivity index (χ1) is 11.0. The summed E-state index contributed by atoms with van der Waals surface area (Å²) in [7, 11) is 1.62. The summed E-state index contributed by atoms with van der Waals surface area (Å²) in [6, 6.07) is 11.1. The van der Waals surface area contributed by atoms with Crippen molar-refractivity contribution in [3.05, 3.63) is 58.2 Å². The minimum atomic E-state index is -0.178. The maximum Gasteiger partial charge on any atom is 0.272 e. The Kier molecular flexibility index (Phi) is 4.01. The highest BCUT2D eigenvalue weighted by Gasteiger charge is 2.16. The Bertz CT molecular complexity index is 899. The number of H-pyrrole nitrogens is 1. The van der Waals surface area contributed by atoms with Crippen molar-refractivity contribution in [1.82, 2.24) is 4.98 Å². The zero-order valence-electron chi connectivity index (χ0n) is 13.2. The highest BCUT2D eigenvalue weighted by atomic mass is 35.5. The number of nitrogens with one attached hydrogen (secondary N) is 2. The fraction of sp³-hybridized carbons (Fsp3) is 0.167. The maximum atomic E-state index is 12.6. The number of rotatable bonds is 3. The van der Waals surface area contributed by atoms with E-state index < -0.39 is 0 Å². The molecule has 1 heterocycles. The average molecular weight is 329 g/mol. The Hall–Kier alpha value is -2.46.